The van der Waals surface area contributed by atoms with Gasteiger partial charge in [-0.05, 0) is 31.2 Å². The van der Waals surface area contributed by atoms with Gasteiger partial charge in [0.1, 0.15) is 5.15 Å². The van der Waals surface area contributed by atoms with E-state index in [1.165, 1.54) is 7.11 Å². The molecule has 120 valence electrons. The molecule has 0 atom stereocenters. The van der Waals surface area contributed by atoms with Crippen LogP contribution in [-0.2, 0) is 9.53 Å². The maximum Gasteiger partial charge on any atom is 0.350 e. The lowest BCUT2D eigenvalue weighted by molar-refractivity contribution is -0.151. The third kappa shape index (κ3) is 3.12. The second kappa shape index (κ2) is 5.98. The van der Waals surface area contributed by atoms with E-state index in [1.807, 2.05) is 0 Å². The Morgan fingerprint density at radius 1 is 1.17 bits per heavy atom. The Morgan fingerprint density at radius 2 is 1.83 bits per heavy atom. The number of nitrogens with zero attached hydrogens (tertiary/aromatic N) is 2. The van der Waals surface area contributed by atoms with Crippen molar-refractivity contribution < 1.29 is 14.3 Å². The second-order valence-electron chi connectivity index (χ2n) is 5.36. The molecule has 0 saturated heterocycles. The number of rotatable bonds is 4. The summed E-state index contributed by atoms with van der Waals surface area (Å²) in [6.07, 6.45) is 1.19. The number of methoxy groups -OCH3 is 1. The van der Waals surface area contributed by atoms with E-state index < -0.39 is 11.6 Å². The average Bonchev–Trinajstić information content (AvgIpc) is 3.32. The van der Waals surface area contributed by atoms with Gasteiger partial charge < -0.3 is 9.47 Å². The highest BCUT2D eigenvalue weighted by molar-refractivity contribution is 6.31. The van der Waals surface area contributed by atoms with E-state index in [0.29, 0.717) is 29.3 Å². The fourth-order valence-electron chi connectivity index (χ4n) is 2.13. The van der Waals surface area contributed by atoms with Crippen molar-refractivity contribution in [1.29, 1.82) is 0 Å². The molecule has 1 saturated carbocycles. The fourth-order valence-corrected chi connectivity index (χ4v) is 2.42. The monoisotopic (exact) mass is 352 g/mol. The molecule has 0 N–H and O–H groups in total. The third-order valence-corrected chi connectivity index (χ3v) is 4.32. The van der Waals surface area contributed by atoms with Crippen LogP contribution in [0.15, 0.2) is 24.3 Å². The molecule has 0 unspecified atom stereocenters. The van der Waals surface area contributed by atoms with Gasteiger partial charge in [-0.3, -0.25) is 0 Å². The van der Waals surface area contributed by atoms with E-state index in [2.05, 4.69) is 9.97 Å². The molecule has 1 aromatic carbocycles. The molecule has 1 heterocycles. The van der Waals surface area contributed by atoms with Crippen LogP contribution in [0.4, 0.5) is 0 Å². The fraction of sp³-hybridized carbons (Fsp3) is 0.312. The highest BCUT2D eigenvalue weighted by atomic mass is 35.5. The molecule has 3 rings (SSSR count). The summed E-state index contributed by atoms with van der Waals surface area (Å²) < 4.78 is 10.6. The smallest absolute Gasteiger partial charge is 0.350 e. The molecule has 0 radical (unpaired) electrons. The molecule has 0 amide bonds. The zero-order valence-corrected chi connectivity index (χ0v) is 14.1. The summed E-state index contributed by atoms with van der Waals surface area (Å²) >= 11 is 12.1. The second-order valence-corrected chi connectivity index (χ2v) is 6.16. The summed E-state index contributed by atoms with van der Waals surface area (Å²) in [4.78, 5) is 20.5. The molecule has 23 heavy (non-hydrogen) atoms. The van der Waals surface area contributed by atoms with E-state index in [0.717, 1.165) is 5.56 Å². The van der Waals surface area contributed by atoms with E-state index in [4.69, 9.17) is 32.7 Å². The molecule has 1 aromatic heterocycles. The topological polar surface area (TPSA) is 61.3 Å². The minimum absolute atomic E-state index is 0.278. The lowest BCUT2D eigenvalue weighted by Gasteiger charge is -2.17. The van der Waals surface area contributed by atoms with Crippen molar-refractivity contribution in [1.82, 2.24) is 9.97 Å². The Bertz CT molecular complexity index is 759. The first kappa shape index (κ1) is 16.0. The van der Waals surface area contributed by atoms with Gasteiger partial charge in [-0.25, -0.2) is 9.78 Å². The third-order valence-electron chi connectivity index (χ3n) is 3.70. The van der Waals surface area contributed by atoms with Crippen molar-refractivity contribution in [3.8, 4) is 17.3 Å². The van der Waals surface area contributed by atoms with Gasteiger partial charge in [-0.2, -0.15) is 4.98 Å². The van der Waals surface area contributed by atoms with E-state index in [1.54, 1.807) is 31.2 Å². The van der Waals surface area contributed by atoms with Gasteiger partial charge in [0, 0.05) is 29.0 Å². The lowest BCUT2D eigenvalue weighted by Crippen LogP contribution is -2.31. The summed E-state index contributed by atoms with van der Waals surface area (Å²) in [6, 6.07) is 7.07. The molecule has 2 aromatic rings. The van der Waals surface area contributed by atoms with Crippen molar-refractivity contribution in [3.63, 3.8) is 0 Å². The van der Waals surface area contributed by atoms with E-state index >= 15 is 0 Å². The summed E-state index contributed by atoms with van der Waals surface area (Å²) in [7, 11) is 1.34. The number of hydrogen-bond acceptors (Lipinski definition) is 5. The average molecular weight is 353 g/mol. The maximum absolute atomic E-state index is 11.9. The predicted octanol–water partition coefficient (Wildman–Crippen LogP) is 3.84. The van der Waals surface area contributed by atoms with Gasteiger partial charge in [-0.15, -0.1) is 0 Å². The molecular weight excluding hydrogens is 339 g/mol. The number of aromatic nitrogens is 2. The van der Waals surface area contributed by atoms with Gasteiger partial charge in [0.05, 0.1) is 7.11 Å². The molecular formula is C16H14Cl2N2O3. The molecule has 1 aliphatic carbocycles. The number of benzene rings is 1. The number of carbonyl (C=O) groups is 1. The van der Waals surface area contributed by atoms with E-state index in [-0.39, 0.29) is 11.0 Å². The summed E-state index contributed by atoms with van der Waals surface area (Å²) in [5.74, 6) is 0.297. The van der Waals surface area contributed by atoms with Gasteiger partial charge in [0.25, 0.3) is 0 Å². The number of carbonyl (C=O) groups excluding carboxylic acids is 1. The Labute approximate surface area is 143 Å². The van der Waals surface area contributed by atoms with Crippen LogP contribution in [0.2, 0.25) is 10.2 Å². The van der Waals surface area contributed by atoms with Crippen LogP contribution >= 0.6 is 23.2 Å². The van der Waals surface area contributed by atoms with E-state index in [9.17, 15) is 4.79 Å². The summed E-state index contributed by atoms with van der Waals surface area (Å²) in [6.45, 7) is 1.75. The normalized spacial score (nSPS) is 15.1. The van der Waals surface area contributed by atoms with Gasteiger partial charge >= 0.3 is 5.97 Å². The molecule has 1 fully saturated rings. The minimum Gasteiger partial charge on any atom is -0.466 e. The van der Waals surface area contributed by atoms with Crippen LogP contribution in [0.1, 0.15) is 18.4 Å². The van der Waals surface area contributed by atoms with Crippen LogP contribution < -0.4 is 4.74 Å². The van der Waals surface area contributed by atoms with Crippen LogP contribution in [-0.4, -0.2) is 28.6 Å². The van der Waals surface area contributed by atoms with Crippen molar-refractivity contribution >= 4 is 29.2 Å². The Kier molecular flexibility index (Phi) is 4.17. The standard InChI is InChI=1S/C16H14Cl2N2O3/c1-9-12(18)19-13(10-3-5-11(17)6-4-10)20-14(9)23-16(7-8-16)15(21)22-2/h3-6H,7-8H2,1-2H3. The Balaban J connectivity index is 1.97. The van der Waals surface area contributed by atoms with Crippen LogP contribution in [0.25, 0.3) is 11.4 Å². The van der Waals surface area contributed by atoms with Gasteiger partial charge in [-0.1, -0.05) is 23.2 Å². The van der Waals surface area contributed by atoms with Crippen molar-refractivity contribution in [2.75, 3.05) is 7.11 Å². The predicted molar refractivity (Wildman–Crippen MR) is 86.8 cm³/mol. The molecule has 0 spiro atoms. The largest absolute Gasteiger partial charge is 0.466 e. The van der Waals surface area contributed by atoms with Crippen molar-refractivity contribution in [3.05, 3.63) is 40.0 Å². The maximum atomic E-state index is 11.9. The first-order valence-corrected chi connectivity index (χ1v) is 7.78. The summed E-state index contributed by atoms with van der Waals surface area (Å²) in [5, 5.41) is 0.895. The number of esters is 1. The zero-order valence-electron chi connectivity index (χ0n) is 12.6. The highest BCUT2D eigenvalue weighted by Crippen LogP contribution is 2.42. The minimum atomic E-state index is -0.950. The van der Waals surface area contributed by atoms with Gasteiger partial charge in [0.15, 0.2) is 5.82 Å². The Morgan fingerprint density at radius 3 is 2.39 bits per heavy atom. The first-order chi connectivity index (χ1) is 10.9. The van der Waals surface area contributed by atoms with Crippen LogP contribution in [0, 0.1) is 6.92 Å². The molecule has 5 nitrogen and oxygen atoms in total. The highest BCUT2D eigenvalue weighted by Gasteiger charge is 2.55. The van der Waals surface area contributed by atoms with Gasteiger partial charge in [0.2, 0.25) is 11.5 Å². The molecule has 0 aliphatic heterocycles. The quantitative estimate of drug-likeness (QED) is 0.617. The van der Waals surface area contributed by atoms with Crippen LogP contribution in [0.5, 0.6) is 5.88 Å². The molecule has 1 aliphatic rings. The first-order valence-electron chi connectivity index (χ1n) is 7.03. The molecule has 7 heteroatoms. The SMILES string of the molecule is COC(=O)C1(Oc2nc(-c3ccc(Cl)cc3)nc(Cl)c2C)CC1. The number of halogens is 2. The van der Waals surface area contributed by atoms with Crippen LogP contribution in [0.3, 0.4) is 0 Å². The van der Waals surface area contributed by atoms with Crippen molar-refractivity contribution in [2.24, 2.45) is 0 Å². The zero-order chi connectivity index (χ0) is 16.6. The summed E-state index contributed by atoms with van der Waals surface area (Å²) in [5.41, 5.74) is 0.387. The molecule has 0 bridgehead atoms. The van der Waals surface area contributed by atoms with Crippen molar-refractivity contribution in [2.45, 2.75) is 25.4 Å². The lowest BCUT2D eigenvalue weighted by atomic mass is 10.2. The Hall–Kier alpha value is -1.85. The number of ether oxygens (including phenoxy) is 2. The number of hydrogen-bond donors (Lipinski definition) is 0.